The first-order chi connectivity index (χ1) is 7.27. The second-order valence-electron chi connectivity index (χ2n) is 4.17. The standard InChI is InChI=1S/C14H22O.Na.H/c1-3-5-7-12-9-10-14(15)13(11-12)8-6-4-2;;/h9-11,15H,3-8H2,1-2H3;;. The van der Waals surface area contributed by atoms with Crippen molar-refractivity contribution in [1.29, 1.82) is 0 Å². The first-order valence-corrected chi connectivity index (χ1v) is 6.08. The van der Waals surface area contributed by atoms with Gasteiger partial charge in [-0.15, -0.1) is 0 Å². The predicted octanol–water partition coefficient (Wildman–Crippen LogP) is 3.43. The van der Waals surface area contributed by atoms with E-state index >= 15 is 0 Å². The third kappa shape index (κ3) is 5.38. The van der Waals surface area contributed by atoms with Crippen molar-refractivity contribution in [2.24, 2.45) is 0 Å². The van der Waals surface area contributed by atoms with Gasteiger partial charge >= 0.3 is 29.6 Å². The Morgan fingerprint density at radius 3 is 2.25 bits per heavy atom. The molecular weight excluding hydrogens is 207 g/mol. The molecule has 0 aliphatic carbocycles. The van der Waals surface area contributed by atoms with Gasteiger partial charge in [0.15, 0.2) is 0 Å². The van der Waals surface area contributed by atoms with Gasteiger partial charge in [0.25, 0.3) is 0 Å². The molecule has 1 aromatic carbocycles. The normalized spacial score (nSPS) is 9.88. The van der Waals surface area contributed by atoms with Gasteiger partial charge in [-0.05, 0) is 42.9 Å². The molecule has 0 aliphatic rings. The Morgan fingerprint density at radius 1 is 1.00 bits per heavy atom. The average molecular weight is 230 g/mol. The molecule has 0 atom stereocenters. The van der Waals surface area contributed by atoms with Crippen molar-refractivity contribution in [3.05, 3.63) is 29.3 Å². The van der Waals surface area contributed by atoms with Crippen LogP contribution in [0.15, 0.2) is 18.2 Å². The topological polar surface area (TPSA) is 20.2 Å². The molecule has 86 valence electrons. The maximum absolute atomic E-state index is 9.69. The zero-order valence-electron chi connectivity index (χ0n) is 9.92. The van der Waals surface area contributed by atoms with Crippen LogP contribution < -0.4 is 0 Å². The molecular formula is C14H23NaO. The maximum atomic E-state index is 9.69. The minimum atomic E-state index is 0. The Hall–Kier alpha value is 0.0200. The van der Waals surface area contributed by atoms with Gasteiger partial charge in [-0.1, -0.05) is 38.8 Å². The summed E-state index contributed by atoms with van der Waals surface area (Å²) in [6.45, 7) is 4.39. The molecule has 16 heavy (non-hydrogen) atoms. The molecule has 0 aromatic heterocycles. The summed E-state index contributed by atoms with van der Waals surface area (Å²) in [5.41, 5.74) is 2.48. The first kappa shape index (κ1) is 16.0. The van der Waals surface area contributed by atoms with Crippen molar-refractivity contribution >= 4 is 29.6 Å². The molecule has 0 heterocycles. The van der Waals surface area contributed by atoms with Gasteiger partial charge in [-0.3, -0.25) is 0 Å². The molecule has 0 saturated carbocycles. The fourth-order valence-corrected chi connectivity index (χ4v) is 1.74. The monoisotopic (exact) mass is 230 g/mol. The number of phenols is 1. The van der Waals surface area contributed by atoms with Gasteiger partial charge in [-0.2, -0.15) is 0 Å². The fraction of sp³-hybridized carbons (Fsp3) is 0.571. The second-order valence-corrected chi connectivity index (χ2v) is 4.17. The van der Waals surface area contributed by atoms with Crippen LogP contribution in [-0.4, -0.2) is 34.7 Å². The predicted molar refractivity (Wildman–Crippen MR) is 72.5 cm³/mol. The molecule has 0 fully saturated rings. The van der Waals surface area contributed by atoms with Crippen molar-refractivity contribution in [1.82, 2.24) is 0 Å². The summed E-state index contributed by atoms with van der Waals surface area (Å²) < 4.78 is 0. The van der Waals surface area contributed by atoms with Crippen molar-refractivity contribution in [2.75, 3.05) is 0 Å². The van der Waals surface area contributed by atoms with Crippen LogP contribution in [0.3, 0.4) is 0 Å². The third-order valence-electron chi connectivity index (χ3n) is 2.76. The van der Waals surface area contributed by atoms with E-state index in [1.807, 2.05) is 12.1 Å². The van der Waals surface area contributed by atoms with Crippen LogP contribution in [-0.2, 0) is 12.8 Å². The van der Waals surface area contributed by atoms with Crippen LogP contribution in [0.5, 0.6) is 5.75 Å². The number of hydrogen-bond acceptors (Lipinski definition) is 1. The Morgan fingerprint density at radius 2 is 1.62 bits per heavy atom. The molecule has 0 spiro atoms. The first-order valence-electron chi connectivity index (χ1n) is 6.08. The summed E-state index contributed by atoms with van der Waals surface area (Å²) in [4.78, 5) is 0. The van der Waals surface area contributed by atoms with E-state index in [1.54, 1.807) is 0 Å². The van der Waals surface area contributed by atoms with Crippen molar-refractivity contribution in [2.45, 2.75) is 52.4 Å². The molecule has 1 rings (SSSR count). The summed E-state index contributed by atoms with van der Waals surface area (Å²) >= 11 is 0. The van der Waals surface area contributed by atoms with Gasteiger partial charge < -0.3 is 5.11 Å². The summed E-state index contributed by atoms with van der Waals surface area (Å²) in [5, 5.41) is 9.69. The number of aromatic hydroxyl groups is 1. The van der Waals surface area contributed by atoms with Gasteiger partial charge in [0.2, 0.25) is 0 Å². The van der Waals surface area contributed by atoms with E-state index < -0.39 is 0 Å². The number of unbranched alkanes of at least 4 members (excludes halogenated alkanes) is 2. The number of hydrogen-bond donors (Lipinski definition) is 1. The van der Waals surface area contributed by atoms with Crippen molar-refractivity contribution in [3.63, 3.8) is 0 Å². The average Bonchev–Trinajstić information content (AvgIpc) is 2.26. The molecule has 0 amide bonds. The van der Waals surface area contributed by atoms with E-state index in [-0.39, 0.29) is 29.6 Å². The number of benzene rings is 1. The molecule has 1 nitrogen and oxygen atoms in total. The van der Waals surface area contributed by atoms with Crippen LogP contribution in [0.2, 0.25) is 0 Å². The van der Waals surface area contributed by atoms with E-state index in [1.165, 1.54) is 24.8 Å². The Kier molecular flexibility index (Phi) is 9.10. The summed E-state index contributed by atoms with van der Waals surface area (Å²) in [7, 11) is 0. The van der Waals surface area contributed by atoms with E-state index in [0.29, 0.717) is 5.75 Å². The second kappa shape index (κ2) is 9.09. The van der Waals surface area contributed by atoms with E-state index in [2.05, 4.69) is 19.9 Å². The third-order valence-corrected chi connectivity index (χ3v) is 2.76. The molecule has 0 aliphatic heterocycles. The Balaban J connectivity index is 0.00000225. The Bertz CT molecular complexity index is 297. The molecule has 2 heteroatoms. The molecule has 0 saturated heterocycles. The van der Waals surface area contributed by atoms with E-state index in [4.69, 9.17) is 0 Å². The summed E-state index contributed by atoms with van der Waals surface area (Å²) in [6, 6.07) is 6.05. The van der Waals surface area contributed by atoms with Crippen LogP contribution >= 0.6 is 0 Å². The molecule has 0 bridgehead atoms. The zero-order valence-corrected chi connectivity index (χ0v) is 9.92. The van der Waals surface area contributed by atoms with Gasteiger partial charge in [0.05, 0.1) is 0 Å². The van der Waals surface area contributed by atoms with Gasteiger partial charge in [0.1, 0.15) is 5.75 Å². The van der Waals surface area contributed by atoms with Crippen LogP contribution in [0, 0.1) is 0 Å². The zero-order chi connectivity index (χ0) is 11.1. The van der Waals surface area contributed by atoms with E-state index in [0.717, 1.165) is 24.8 Å². The van der Waals surface area contributed by atoms with Crippen molar-refractivity contribution in [3.8, 4) is 5.75 Å². The van der Waals surface area contributed by atoms with E-state index in [9.17, 15) is 5.11 Å². The quantitative estimate of drug-likeness (QED) is 0.742. The van der Waals surface area contributed by atoms with Crippen LogP contribution in [0.1, 0.15) is 50.7 Å². The number of aryl methyl sites for hydroxylation is 2. The van der Waals surface area contributed by atoms with Gasteiger partial charge in [0, 0.05) is 0 Å². The fourth-order valence-electron chi connectivity index (χ4n) is 1.74. The summed E-state index contributed by atoms with van der Waals surface area (Å²) in [6.07, 6.45) is 6.94. The molecule has 1 aromatic rings. The minimum absolute atomic E-state index is 0. The number of phenolic OH excluding ortho intramolecular Hbond substituents is 1. The van der Waals surface area contributed by atoms with Gasteiger partial charge in [-0.25, -0.2) is 0 Å². The molecule has 1 N–H and O–H groups in total. The SMILES string of the molecule is CCCCc1ccc(O)c(CCCC)c1.[NaH]. The molecule has 0 radical (unpaired) electrons. The Labute approximate surface area is 122 Å². The summed E-state index contributed by atoms with van der Waals surface area (Å²) in [5.74, 6) is 0.462. The number of rotatable bonds is 6. The van der Waals surface area contributed by atoms with Crippen LogP contribution in [0.25, 0.3) is 0 Å². The van der Waals surface area contributed by atoms with Crippen molar-refractivity contribution < 1.29 is 5.11 Å². The molecule has 0 unspecified atom stereocenters. The van der Waals surface area contributed by atoms with Crippen LogP contribution in [0.4, 0.5) is 0 Å².